The van der Waals surface area contributed by atoms with Crippen molar-refractivity contribution in [1.82, 2.24) is 10.1 Å². The van der Waals surface area contributed by atoms with Gasteiger partial charge in [0.1, 0.15) is 5.76 Å². The summed E-state index contributed by atoms with van der Waals surface area (Å²) in [6.07, 6.45) is 15.3. The SMILES string of the molecule is CCOC(=O)c1ccc2nc(N3C4CC[C@H]3CC(OCc3c(C5CCC6(CC5)CC6)noc3C3CC3)C4)sc2c1. The maximum absolute atomic E-state index is 12.2. The number of ether oxygens (including phenoxy) is 2. The lowest BCUT2D eigenvalue weighted by molar-refractivity contribution is 0.0140. The number of thiazole rings is 1. The highest BCUT2D eigenvalue weighted by atomic mass is 32.1. The maximum Gasteiger partial charge on any atom is 0.338 e. The Kier molecular flexibility index (Phi) is 6.21. The number of piperidine rings is 1. The van der Waals surface area contributed by atoms with Gasteiger partial charge in [0.15, 0.2) is 5.13 Å². The molecule has 1 spiro atoms. The summed E-state index contributed by atoms with van der Waals surface area (Å²) in [5, 5.41) is 5.75. The fourth-order valence-corrected chi connectivity index (χ4v) is 8.94. The minimum atomic E-state index is -0.270. The van der Waals surface area contributed by atoms with Crippen molar-refractivity contribution in [2.75, 3.05) is 11.5 Å². The summed E-state index contributed by atoms with van der Waals surface area (Å²) in [5.41, 5.74) is 4.75. The number of hydrogen-bond donors (Lipinski definition) is 0. The summed E-state index contributed by atoms with van der Waals surface area (Å²) >= 11 is 1.69. The summed E-state index contributed by atoms with van der Waals surface area (Å²) in [4.78, 5) is 19.8. The van der Waals surface area contributed by atoms with E-state index >= 15 is 0 Å². The molecule has 0 amide bonds. The van der Waals surface area contributed by atoms with Crippen LogP contribution in [0.15, 0.2) is 22.7 Å². The molecule has 5 fully saturated rings. The van der Waals surface area contributed by atoms with E-state index in [2.05, 4.69) is 10.1 Å². The molecule has 5 aliphatic rings. The molecule has 1 aromatic carbocycles. The largest absolute Gasteiger partial charge is 0.462 e. The maximum atomic E-state index is 12.2. The van der Waals surface area contributed by atoms with Gasteiger partial charge in [-0.15, -0.1) is 0 Å². The topological polar surface area (TPSA) is 77.7 Å². The molecule has 3 saturated carbocycles. The lowest BCUT2D eigenvalue weighted by atomic mass is 9.77. The van der Waals surface area contributed by atoms with E-state index in [-0.39, 0.29) is 12.1 Å². The number of anilines is 1. The van der Waals surface area contributed by atoms with Gasteiger partial charge in [-0.05, 0) is 108 Å². The lowest BCUT2D eigenvalue weighted by Crippen LogP contribution is -2.45. The van der Waals surface area contributed by atoms with Gasteiger partial charge in [0.25, 0.3) is 0 Å². The highest BCUT2D eigenvalue weighted by Crippen LogP contribution is 2.59. The molecule has 2 bridgehead atoms. The Morgan fingerprint density at radius 3 is 2.52 bits per heavy atom. The molecular formula is C32H39N3O4S. The highest BCUT2D eigenvalue weighted by molar-refractivity contribution is 7.22. The smallest absolute Gasteiger partial charge is 0.338 e. The molecule has 0 N–H and O–H groups in total. The van der Waals surface area contributed by atoms with Crippen molar-refractivity contribution < 1.29 is 18.8 Å². The fraction of sp³-hybridized carbons (Fsp3) is 0.656. The molecular weight excluding hydrogens is 522 g/mol. The Morgan fingerprint density at radius 1 is 1.05 bits per heavy atom. The second-order valence-corrected chi connectivity index (χ2v) is 14.1. The van der Waals surface area contributed by atoms with Crippen LogP contribution in [0.5, 0.6) is 0 Å². The van der Waals surface area contributed by atoms with Gasteiger partial charge >= 0.3 is 5.97 Å². The Hall–Kier alpha value is -2.45. The van der Waals surface area contributed by atoms with Crippen LogP contribution in [0.1, 0.15) is 123 Å². The molecule has 0 radical (unpaired) electrons. The minimum Gasteiger partial charge on any atom is -0.462 e. The molecule has 3 atom stereocenters. The van der Waals surface area contributed by atoms with Crippen LogP contribution in [0.3, 0.4) is 0 Å². The molecule has 3 aromatic rings. The first-order valence-electron chi connectivity index (χ1n) is 15.5. The Bertz CT molecular complexity index is 1400. The van der Waals surface area contributed by atoms with Gasteiger partial charge < -0.3 is 18.9 Å². The van der Waals surface area contributed by atoms with Crippen LogP contribution in [0.25, 0.3) is 10.2 Å². The molecule has 7 nitrogen and oxygen atoms in total. The molecule has 2 aromatic heterocycles. The normalized spacial score (nSPS) is 27.5. The first-order chi connectivity index (χ1) is 19.6. The number of esters is 1. The zero-order valence-corrected chi connectivity index (χ0v) is 24.2. The molecule has 212 valence electrons. The van der Waals surface area contributed by atoms with Gasteiger partial charge in [-0.1, -0.05) is 16.5 Å². The molecule has 8 rings (SSSR count). The summed E-state index contributed by atoms with van der Waals surface area (Å²) in [6, 6.07) is 6.60. The molecule has 4 heterocycles. The molecule has 8 heteroatoms. The van der Waals surface area contributed by atoms with Crippen molar-refractivity contribution in [3.63, 3.8) is 0 Å². The molecule has 2 saturated heterocycles. The van der Waals surface area contributed by atoms with Gasteiger partial charge in [0.2, 0.25) is 0 Å². The second-order valence-electron chi connectivity index (χ2n) is 13.1. The van der Waals surface area contributed by atoms with Crippen molar-refractivity contribution >= 4 is 32.7 Å². The van der Waals surface area contributed by atoms with E-state index in [0.29, 0.717) is 48.1 Å². The Morgan fingerprint density at radius 2 is 1.82 bits per heavy atom. The van der Waals surface area contributed by atoms with Crippen molar-refractivity contribution in [3.05, 3.63) is 40.8 Å². The monoisotopic (exact) mass is 561 g/mol. The summed E-state index contributed by atoms with van der Waals surface area (Å²) in [5.74, 6) is 1.95. The first kappa shape index (κ1) is 25.3. The zero-order valence-electron chi connectivity index (χ0n) is 23.4. The number of carbonyl (C=O) groups excluding carboxylic acids is 1. The van der Waals surface area contributed by atoms with Gasteiger partial charge in [-0.25, -0.2) is 9.78 Å². The average Bonchev–Trinajstić information content (AvgIpc) is 3.84. The van der Waals surface area contributed by atoms with Crippen LogP contribution in [0.2, 0.25) is 0 Å². The first-order valence-corrected chi connectivity index (χ1v) is 16.4. The van der Waals surface area contributed by atoms with E-state index in [0.717, 1.165) is 34.0 Å². The van der Waals surface area contributed by atoms with Gasteiger partial charge in [0.05, 0.1) is 40.8 Å². The second kappa shape index (κ2) is 9.83. The van der Waals surface area contributed by atoms with Crippen LogP contribution in [0.4, 0.5) is 5.13 Å². The van der Waals surface area contributed by atoms with Crippen LogP contribution >= 0.6 is 11.3 Å². The zero-order chi connectivity index (χ0) is 26.8. The predicted molar refractivity (Wildman–Crippen MR) is 154 cm³/mol. The van der Waals surface area contributed by atoms with E-state index in [1.165, 1.54) is 75.5 Å². The van der Waals surface area contributed by atoms with E-state index in [1.54, 1.807) is 11.3 Å². The van der Waals surface area contributed by atoms with Crippen LogP contribution in [-0.2, 0) is 16.1 Å². The molecule has 40 heavy (non-hydrogen) atoms. The van der Waals surface area contributed by atoms with Gasteiger partial charge in [-0.3, -0.25) is 0 Å². The third-order valence-corrected chi connectivity index (χ3v) is 11.5. The van der Waals surface area contributed by atoms with E-state index < -0.39 is 0 Å². The summed E-state index contributed by atoms with van der Waals surface area (Å²) in [7, 11) is 0. The third kappa shape index (κ3) is 4.55. The van der Waals surface area contributed by atoms with Crippen molar-refractivity contribution in [2.24, 2.45) is 5.41 Å². The molecule has 2 unspecified atom stereocenters. The lowest BCUT2D eigenvalue weighted by Gasteiger charge is -2.38. The van der Waals surface area contributed by atoms with Crippen LogP contribution < -0.4 is 4.90 Å². The highest BCUT2D eigenvalue weighted by Gasteiger charge is 2.47. The number of benzene rings is 1. The summed E-state index contributed by atoms with van der Waals surface area (Å²) in [6.45, 7) is 2.86. The summed E-state index contributed by atoms with van der Waals surface area (Å²) < 4.78 is 19.0. The number of carbonyl (C=O) groups is 1. The number of fused-ring (bicyclic) bond motifs is 3. The molecule has 3 aliphatic carbocycles. The predicted octanol–water partition coefficient (Wildman–Crippen LogP) is 7.49. The Balaban J connectivity index is 0.955. The number of nitrogens with zero attached hydrogens (tertiary/aromatic N) is 3. The van der Waals surface area contributed by atoms with Crippen molar-refractivity contribution in [2.45, 2.75) is 121 Å². The van der Waals surface area contributed by atoms with E-state index in [1.807, 2.05) is 25.1 Å². The minimum absolute atomic E-state index is 0.259. The Labute approximate surface area is 239 Å². The third-order valence-electron chi connectivity index (χ3n) is 10.4. The van der Waals surface area contributed by atoms with E-state index in [9.17, 15) is 4.79 Å². The van der Waals surface area contributed by atoms with Crippen molar-refractivity contribution in [1.29, 1.82) is 0 Å². The van der Waals surface area contributed by atoms with E-state index in [4.69, 9.17) is 19.0 Å². The van der Waals surface area contributed by atoms with Gasteiger partial charge in [0, 0.05) is 29.5 Å². The standard InChI is InChI=1S/C32H39N3O4S/c1-2-37-30(36)21-5-8-26-27(15-21)40-31(33-26)35-22-6-7-23(35)17-24(16-22)38-18-25-28(34-39-29(25)20-3-4-20)19-9-11-32(12-10-19)13-14-32/h5,8,15,19-20,22-24H,2-4,6-7,9-14,16-18H2,1H3/t22-,23?,24?/m0/s1. The quantitative estimate of drug-likeness (QED) is 0.264. The van der Waals surface area contributed by atoms with Crippen molar-refractivity contribution in [3.8, 4) is 0 Å². The fourth-order valence-electron chi connectivity index (χ4n) is 7.79. The van der Waals surface area contributed by atoms with Crippen LogP contribution in [-0.4, -0.2) is 40.9 Å². The van der Waals surface area contributed by atoms with Crippen LogP contribution in [0, 0.1) is 5.41 Å². The van der Waals surface area contributed by atoms with Gasteiger partial charge in [-0.2, -0.15) is 0 Å². The number of rotatable bonds is 8. The average molecular weight is 562 g/mol. The number of aromatic nitrogens is 2. The molecule has 2 aliphatic heterocycles. The number of hydrogen-bond acceptors (Lipinski definition) is 8.